The van der Waals surface area contributed by atoms with Crippen molar-refractivity contribution in [2.24, 2.45) is 11.8 Å². The van der Waals surface area contributed by atoms with Gasteiger partial charge in [0, 0.05) is 63.1 Å². The van der Waals surface area contributed by atoms with Gasteiger partial charge in [-0.2, -0.15) is 13.2 Å². The summed E-state index contributed by atoms with van der Waals surface area (Å²) in [6.45, 7) is 9.44. The lowest BCUT2D eigenvalue weighted by Crippen LogP contribution is -2.49. The van der Waals surface area contributed by atoms with Gasteiger partial charge in [0.15, 0.2) is 0 Å². The zero-order valence-corrected chi connectivity index (χ0v) is 17.1. The van der Waals surface area contributed by atoms with Crippen LogP contribution in [0.25, 0.3) is 10.9 Å². The maximum Gasteiger partial charge on any atom is 0.418 e. The molecule has 2 saturated heterocycles. The number of hydrogen-bond acceptors (Lipinski definition) is 4. The second kappa shape index (κ2) is 8.11. The van der Waals surface area contributed by atoms with Crippen LogP contribution in [-0.2, 0) is 6.18 Å². The van der Waals surface area contributed by atoms with Crippen molar-refractivity contribution in [1.82, 2.24) is 14.8 Å². The highest BCUT2D eigenvalue weighted by atomic mass is 19.4. The van der Waals surface area contributed by atoms with Gasteiger partial charge in [-0.05, 0) is 49.6 Å². The molecule has 158 valence electrons. The molecule has 1 aromatic heterocycles. The van der Waals surface area contributed by atoms with E-state index in [0.717, 1.165) is 51.5 Å². The van der Waals surface area contributed by atoms with Crippen molar-refractivity contribution < 1.29 is 13.2 Å². The van der Waals surface area contributed by atoms with Crippen molar-refractivity contribution >= 4 is 16.6 Å². The van der Waals surface area contributed by atoms with E-state index in [4.69, 9.17) is 0 Å². The number of hydrogen-bond donors (Lipinski definition) is 0. The molecule has 2 aliphatic heterocycles. The number of nitrogens with zero attached hydrogens (tertiary/aromatic N) is 4. The molecular formula is C22H29F3N4. The van der Waals surface area contributed by atoms with Crippen molar-refractivity contribution in [3.05, 3.63) is 36.0 Å². The van der Waals surface area contributed by atoms with Gasteiger partial charge in [0.2, 0.25) is 0 Å². The van der Waals surface area contributed by atoms with Crippen molar-refractivity contribution in [3.63, 3.8) is 0 Å². The minimum absolute atomic E-state index is 0.0475. The quantitative estimate of drug-likeness (QED) is 0.770. The van der Waals surface area contributed by atoms with Gasteiger partial charge in [0.1, 0.15) is 0 Å². The van der Waals surface area contributed by atoms with Crippen molar-refractivity contribution in [3.8, 4) is 0 Å². The maximum absolute atomic E-state index is 13.4. The fourth-order valence-electron chi connectivity index (χ4n) is 4.87. The average Bonchev–Trinajstić information content (AvgIpc) is 2.67. The second-order valence-corrected chi connectivity index (χ2v) is 8.75. The minimum Gasteiger partial charge on any atom is -0.370 e. The highest BCUT2D eigenvalue weighted by molar-refractivity contribution is 5.94. The molecule has 1 aromatic carbocycles. The lowest BCUT2D eigenvalue weighted by atomic mass is 9.89. The van der Waals surface area contributed by atoms with Crippen LogP contribution >= 0.6 is 0 Å². The summed E-state index contributed by atoms with van der Waals surface area (Å²) in [6, 6.07) is 6.32. The Kier molecular flexibility index (Phi) is 5.71. The first-order chi connectivity index (χ1) is 13.8. The number of anilines is 1. The molecule has 0 amide bonds. The third kappa shape index (κ3) is 4.51. The number of piperidine rings is 1. The molecular weight excluding hydrogens is 377 g/mol. The van der Waals surface area contributed by atoms with Crippen LogP contribution in [0.15, 0.2) is 30.5 Å². The summed E-state index contributed by atoms with van der Waals surface area (Å²) in [5.74, 6) is 1.03. The number of pyridine rings is 1. The summed E-state index contributed by atoms with van der Waals surface area (Å²) in [6.07, 6.45) is -1.79. The topological polar surface area (TPSA) is 22.6 Å². The molecule has 2 aromatic rings. The third-order valence-electron chi connectivity index (χ3n) is 6.25. The van der Waals surface area contributed by atoms with Crippen molar-refractivity contribution in [2.75, 3.05) is 57.8 Å². The molecule has 2 aliphatic rings. The number of aromatic nitrogens is 1. The summed E-state index contributed by atoms with van der Waals surface area (Å²) >= 11 is 0. The fourth-order valence-corrected chi connectivity index (χ4v) is 4.87. The van der Waals surface area contributed by atoms with Crippen LogP contribution in [0.1, 0.15) is 18.9 Å². The highest BCUT2D eigenvalue weighted by Gasteiger charge is 2.35. The number of halogens is 3. The molecule has 4 rings (SSSR count). The van der Waals surface area contributed by atoms with Crippen molar-refractivity contribution in [1.29, 1.82) is 0 Å². The molecule has 0 spiro atoms. The molecule has 0 bridgehead atoms. The van der Waals surface area contributed by atoms with Gasteiger partial charge in [-0.25, -0.2) is 0 Å². The Bertz CT molecular complexity index is 846. The zero-order chi connectivity index (χ0) is 20.6. The van der Waals surface area contributed by atoms with E-state index in [1.807, 2.05) is 0 Å². The second-order valence-electron chi connectivity index (χ2n) is 8.75. The Hall–Kier alpha value is -1.86. The summed E-state index contributed by atoms with van der Waals surface area (Å²) in [5, 5.41) is 0.592. The lowest BCUT2D eigenvalue weighted by Gasteiger charge is -2.41. The van der Waals surface area contributed by atoms with E-state index >= 15 is 0 Å². The van der Waals surface area contributed by atoms with E-state index in [0.29, 0.717) is 17.2 Å². The van der Waals surface area contributed by atoms with Gasteiger partial charge < -0.3 is 14.7 Å². The normalized spacial score (nSPS) is 24.9. The van der Waals surface area contributed by atoms with Crippen LogP contribution in [-0.4, -0.2) is 67.6 Å². The zero-order valence-electron chi connectivity index (χ0n) is 17.1. The van der Waals surface area contributed by atoms with E-state index in [9.17, 15) is 13.2 Å². The number of rotatable bonds is 3. The Labute approximate surface area is 170 Å². The number of fused-ring (bicyclic) bond motifs is 1. The Balaban J connectivity index is 1.58. The van der Waals surface area contributed by atoms with E-state index < -0.39 is 11.7 Å². The predicted octanol–water partition coefficient (Wildman–Crippen LogP) is 3.96. The molecule has 2 atom stereocenters. The SMILES string of the molecule is C[C@H]1C[C@H](CN2CCN(C)CC2)CN(c2ccc(C(F)(F)F)c3ncccc23)C1. The van der Waals surface area contributed by atoms with Crippen LogP contribution < -0.4 is 4.90 Å². The number of alkyl halides is 3. The molecule has 0 aliphatic carbocycles. The van der Waals surface area contributed by atoms with Gasteiger partial charge in [0.05, 0.1) is 11.1 Å². The van der Waals surface area contributed by atoms with Crippen LogP contribution in [0.4, 0.5) is 18.9 Å². The first kappa shape index (κ1) is 20.4. The monoisotopic (exact) mass is 406 g/mol. The number of likely N-dealkylation sites (N-methyl/N-ethyl adjacent to an activating group) is 1. The molecule has 4 nitrogen and oxygen atoms in total. The molecule has 0 saturated carbocycles. The molecule has 29 heavy (non-hydrogen) atoms. The van der Waals surface area contributed by atoms with Crippen LogP contribution in [0, 0.1) is 11.8 Å². The van der Waals surface area contributed by atoms with Gasteiger partial charge in [-0.1, -0.05) is 6.92 Å². The average molecular weight is 406 g/mol. The first-order valence-corrected chi connectivity index (χ1v) is 10.4. The predicted molar refractivity (Wildman–Crippen MR) is 110 cm³/mol. The van der Waals surface area contributed by atoms with Gasteiger partial charge in [0.25, 0.3) is 0 Å². The standard InChI is InChI=1S/C22H29F3N4/c1-16-12-17(14-28-10-8-27(2)9-11-28)15-29(13-16)20-6-5-19(22(23,24)25)21-18(20)4-3-7-26-21/h3-7,16-17H,8-15H2,1-2H3/t16-,17+/m0/s1. The van der Waals surface area contributed by atoms with Crippen molar-refractivity contribution in [2.45, 2.75) is 19.5 Å². The lowest BCUT2D eigenvalue weighted by molar-refractivity contribution is -0.136. The van der Waals surface area contributed by atoms with Crippen LogP contribution in [0.2, 0.25) is 0 Å². The smallest absolute Gasteiger partial charge is 0.370 e. The van der Waals surface area contributed by atoms with E-state index in [1.165, 1.54) is 18.7 Å². The Morgan fingerprint density at radius 2 is 1.83 bits per heavy atom. The summed E-state index contributed by atoms with van der Waals surface area (Å²) in [4.78, 5) is 11.2. The number of piperazine rings is 1. The summed E-state index contributed by atoms with van der Waals surface area (Å²) < 4.78 is 40.3. The van der Waals surface area contributed by atoms with E-state index in [1.54, 1.807) is 18.2 Å². The Morgan fingerprint density at radius 1 is 1.07 bits per heavy atom. The van der Waals surface area contributed by atoms with E-state index in [2.05, 4.69) is 33.7 Å². The Morgan fingerprint density at radius 3 is 2.55 bits per heavy atom. The first-order valence-electron chi connectivity index (χ1n) is 10.4. The molecule has 7 heteroatoms. The van der Waals surface area contributed by atoms with Gasteiger partial charge in [-0.15, -0.1) is 0 Å². The van der Waals surface area contributed by atoms with Gasteiger partial charge >= 0.3 is 6.18 Å². The molecule has 0 unspecified atom stereocenters. The van der Waals surface area contributed by atoms with Gasteiger partial charge in [-0.3, -0.25) is 4.98 Å². The highest BCUT2D eigenvalue weighted by Crippen LogP contribution is 2.39. The molecule has 0 N–H and O–H groups in total. The van der Waals surface area contributed by atoms with Crippen LogP contribution in [0.5, 0.6) is 0 Å². The minimum atomic E-state index is -4.40. The van der Waals surface area contributed by atoms with Crippen LogP contribution in [0.3, 0.4) is 0 Å². The maximum atomic E-state index is 13.4. The number of benzene rings is 1. The third-order valence-corrected chi connectivity index (χ3v) is 6.25. The summed E-state index contributed by atoms with van der Waals surface area (Å²) in [5.41, 5.74) is 0.262. The molecule has 0 radical (unpaired) electrons. The molecule has 3 heterocycles. The molecule has 2 fully saturated rings. The summed E-state index contributed by atoms with van der Waals surface area (Å²) in [7, 11) is 2.16. The fraction of sp³-hybridized carbons (Fsp3) is 0.591. The largest absolute Gasteiger partial charge is 0.418 e. The van der Waals surface area contributed by atoms with E-state index in [-0.39, 0.29) is 5.52 Å².